The fraction of sp³-hybridized carbons (Fsp3) is 0.571. The number of benzene rings is 1. The zero-order valence-corrected chi connectivity index (χ0v) is 12.6. The highest BCUT2D eigenvalue weighted by Crippen LogP contribution is 2.16. The second-order valence-electron chi connectivity index (χ2n) is 4.58. The molecule has 1 heterocycles. The number of hydrogen-bond acceptors (Lipinski definition) is 2. The van der Waals surface area contributed by atoms with Gasteiger partial charge in [0.1, 0.15) is 0 Å². The summed E-state index contributed by atoms with van der Waals surface area (Å²) in [7, 11) is 0. The van der Waals surface area contributed by atoms with E-state index < -0.39 is 0 Å². The van der Waals surface area contributed by atoms with Crippen molar-refractivity contribution in [1.29, 1.82) is 0 Å². The van der Waals surface area contributed by atoms with Crippen molar-refractivity contribution in [3.63, 3.8) is 0 Å². The SMILES string of the molecule is CCc1cccc(NC2CCCNCC2)c1.Cl.Cl. The molecule has 0 aromatic heterocycles. The Morgan fingerprint density at radius 2 is 2.06 bits per heavy atom. The summed E-state index contributed by atoms with van der Waals surface area (Å²) >= 11 is 0. The molecule has 1 aliphatic rings. The van der Waals surface area contributed by atoms with E-state index in [1.54, 1.807) is 0 Å². The van der Waals surface area contributed by atoms with Gasteiger partial charge in [-0.3, -0.25) is 0 Å². The molecular formula is C14H24Cl2N2. The predicted molar refractivity (Wildman–Crippen MR) is 84.4 cm³/mol. The first-order valence-corrected chi connectivity index (χ1v) is 6.44. The van der Waals surface area contributed by atoms with Gasteiger partial charge < -0.3 is 10.6 Å². The van der Waals surface area contributed by atoms with Crippen LogP contribution in [0.5, 0.6) is 0 Å². The van der Waals surface area contributed by atoms with Gasteiger partial charge in [-0.1, -0.05) is 19.1 Å². The van der Waals surface area contributed by atoms with Crippen LogP contribution in [-0.4, -0.2) is 19.1 Å². The molecule has 1 aliphatic heterocycles. The molecule has 104 valence electrons. The molecule has 1 saturated heterocycles. The van der Waals surface area contributed by atoms with Crippen LogP contribution >= 0.6 is 24.8 Å². The van der Waals surface area contributed by atoms with Crippen molar-refractivity contribution >= 4 is 30.5 Å². The lowest BCUT2D eigenvalue weighted by atomic mass is 10.1. The third-order valence-corrected chi connectivity index (χ3v) is 3.28. The minimum Gasteiger partial charge on any atom is -0.382 e. The van der Waals surface area contributed by atoms with E-state index in [4.69, 9.17) is 0 Å². The Hall–Kier alpha value is -0.440. The molecule has 2 nitrogen and oxygen atoms in total. The highest BCUT2D eigenvalue weighted by molar-refractivity contribution is 5.85. The Balaban J connectivity index is 0.00000144. The van der Waals surface area contributed by atoms with Gasteiger partial charge in [-0.15, -0.1) is 24.8 Å². The molecule has 1 aromatic rings. The zero-order valence-electron chi connectivity index (χ0n) is 10.9. The van der Waals surface area contributed by atoms with Crippen molar-refractivity contribution in [3.8, 4) is 0 Å². The van der Waals surface area contributed by atoms with Crippen LogP contribution < -0.4 is 10.6 Å². The second-order valence-corrected chi connectivity index (χ2v) is 4.58. The van der Waals surface area contributed by atoms with E-state index in [-0.39, 0.29) is 24.8 Å². The van der Waals surface area contributed by atoms with E-state index >= 15 is 0 Å². The molecule has 1 fully saturated rings. The molecule has 2 rings (SSSR count). The predicted octanol–water partition coefficient (Wildman–Crippen LogP) is 3.65. The number of nitrogens with one attached hydrogen (secondary N) is 2. The first kappa shape index (κ1) is 17.6. The van der Waals surface area contributed by atoms with Gasteiger partial charge in [0.15, 0.2) is 0 Å². The van der Waals surface area contributed by atoms with Crippen molar-refractivity contribution in [2.24, 2.45) is 0 Å². The van der Waals surface area contributed by atoms with Crippen LogP contribution in [0.4, 0.5) is 5.69 Å². The van der Waals surface area contributed by atoms with E-state index in [1.165, 1.54) is 37.1 Å². The standard InChI is InChI=1S/C14H22N2.2ClH/c1-2-12-5-3-6-14(11-12)16-13-7-4-9-15-10-8-13;;/h3,5-6,11,13,15-16H,2,4,7-10H2,1H3;2*1H. The molecule has 1 atom stereocenters. The number of anilines is 1. The van der Waals surface area contributed by atoms with Crippen molar-refractivity contribution in [3.05, 3.63) is 29.8 Å². The van der Waals surface area contributed by atoms with Crippen molar-refractivity contribution in [2.75, 3.05) is 18.4 Å². The summed E-state index contributed by atoms with van der Waals surface area (Å²) in [4.78, 5) is 0. The van der Waals surface area contributed by atoms with Crippen LogP contribution in [-0.2, 0) is 6.42 Å². The van der Waals surface area contributed by atoms with Crippen LogP contribution in [0.1, 0.15) is 31.7 Å². The largest absolute Gasteiger partial charge is 0.382 e. The molecule has 0 saturated carbocycles. The first-order valence-electron chi connectivity index (χ1n) is 6.44. The van der Waals surface area contributed by atoms with Crippen molar-refractivity contribution in [2.45, 2.75) is 38.6 Å². The number of hydrogen-bond donors (Lipinski definition) is 2. The topological polar surface area (TPSA) is 24.1 Å². The summed E-state index contributed by atoms with van der Waals surface area (Å²) in [6, 6.07) is 9.44. The lowest BCUT2D eigenvalue weighted by Crippen LogP contribution is -2.21. The summed E-state index contributed by atoms with van der Waals surface area (Å²) in [5.41, 5.74) is 2.70. The smallest absolute Gasteiger partial charge is 0.0345 e. The molecule has 0 radical (unpaired) electrons. The Kier molecular flexibility index (Phi) is 9.25. The molecule has 2 N–H and O–H groups in total. The summed E-state index contributed by atoms with van der Waals surface area (Å²) in [6.07, 6.45) is 4.91. The maximum Gasteiger partial charge on any atom is 0.0345 e. The van der Waals surface area contributed by atoms with E-state index in [0.29, 0.717) is 6.04 Å². The molecule has 18 heavy (non-hydrogen) atoms. The van der Waals surface area contributed by atoms with E-state index in [9.17, 15) is 0 Å². The molecule has 1 unspecified atom stereocenters. The maximum atomic E-state index is 3.66. The molecule has 0 bridgehead atoms. The van der Waals surface area contributed by atoms with E-state index in [0.717, 1.165) is 13.0 Å². The zero-order chi connectivity index (χ0) is 11.2. The van der Waals surface area contributed by atoms with E-state index in [1.807, 2.05) is 0 Å². The third kappa shape index (κ3) is 5.47. The van der Waals surface area contributed by atoms with Crippen molar-refractivity contribution in [1.82, 2.24) is 5.32 Å². The van der Waals surface area contributed by atoms with Gasteiger partial charge in [0.2, 0.25) is 0 Å². The van der Waals surface area contributed by atoms with Crippen LogP contribution in [0.25, 0.3) is 0 Å². The van der Waals surface area contributed by atoms with Gasteiger partial charge in [-0.25, -0.2) is 0 Å². The molecular weight excluding hydrogens is 267 g/mol. The van der Waals surface area contributed by atoms with Crippen LogP contribution in [0.15, 0.2) is 24.3 Å². The molecule has 0 spiro atoms. The van der Waals surface area contributed by atoms with Crippen LogP contribution in [0, 0.1) is 0 Å². The van der Waals surface area contributed by atoms with Crippen LogP contribution in [0.2, 0.25) is 0 Å². The molecule has 1 aromatic carbocycles. The van der Waals surface area contributed by atoms with Gasteiger partial charge in [0.05, 0.1) is 0 Å². The van der Waals surface area contributed by atoms with Gasteiger partial charge in [0.25, 0.3) is 0 Å². The summed E-state index contributed by atoms with van der Waals surface area (Å²) in [5.74, 6) is 0. The minimum atomic E-state index is 0. The number of halogens is 2. The fourth-order valence-corrected chi connectivity index (χ4v) is 2.28. The van der Waals surface area contributed by atoms with Gasteiger partial charge in [-0.05, 0) is 56.5 Å². The van der Waals surface area contributed by atoms with Gasteiger partial charge in [-0.2, -0.15) is 0 Å². The normalized spacial score (nSPS) is 19.1. The highest BCUT2D eigenvalue weighted by atomic mass is 35.5. The van der Waals surface area contributed by atoms with Gasteiger partial charge in [0, 0.05) is 11.7 Å². The number of rotatable bonds is 3. The van der Waals surface area contributed by atoms with Gasteiger partial charge >= 0.3 is 0 Å². The molecule has 0 amide bonds. The number of aryl methyl sites for hydroxylation is 1. The summed E-state index contributed by atoms with van der Waals surface area (Å²) < 4.78 is 0. The fourth-order valence-electron chi connectivity index (χ4n) is 2.28. The Bertz CT molecular complexity index is 323. The minimum absolute atomic E-state index is 0. The lowest BCUT2D eigenvalue weighted by molar-refractivity contribution is 0.637. The Morgan fingerprint density at radius 1 is 1.22 bits per heavy atom. The highest BCUT2D eigenvalue weighted by Gasteiger charge is 2.11. The first-order chi connectivity index (χ1) is 7.88. The third-order valence-electron chi connectivity index (χ3n) is 3.28. The summed E-state index contributed by atoms with van der Waals surface area (Å²) in [6.45, 7) is 4.52. The monoisotopic (exact) mass is 290 g/mol. The van der Waals surface area contributed by atoms with Crippen LogP contribution in [0.3, 0.4) is 0 Å². The molecule has 4 heteroatoms. The maximum absolute atomic E-state index is 3.66. The summed E-state index contributed by atoms with van der Waals surface area (Å²) in [5, 5.41) is 7.10. The van der Waals surface area contributed by atoms with Crippen molar-refractivity contribution < 1.29 is 0 Å². The Labute approximate surface area is 123 Å². The lowest BCUT2D eigenvalue weighted by Gasteiger charge is -2.17. The average Bonchev–Trinajstić information content (AvgIpc) is 2.58. The molecule has 0 aliphatic carbocycles. The second kappa shape index (κ2) is 9.48. The Morgan fingerprint density at radius 3 is 2.83 bits per heavy atom. The average molecular weight is 291 g/mol. The van der Waals surface area contributed by atoms with E-state index in [2.05, 4.69) is 41.8 Å². The quantitative estimate of drug-likeness (QED) is 0.888.